The highest BCUT2D eigenvalue weighted by atomic mass is 16.5. The van der Waals surface area contributed by atoms with Gasteiger partial charge < -0.3 is 23.5 Å². The summed E-state index contributed by atoms with van der Waals surface area (Å²) in [4.78, 5) is 20.6. The van der Waals surface area contributed by atoms with Crippen LogP contribution in [0.4, 0.5) is 5.69 Å². The van der Waals surface area contributed by atoms with Crippen LogP contribution in [0.15, 0.2) is 40.9 Å². The number of imidazole rings is 1. The van der Waals surface area contributed by atoms with Crippen LogP contribution in [0, 0.1) is 13.8 Å². The lowest BCUT2D eigenvalue weighted by molar-refractivity contribution is -0.117. The molecule has 0 N–H and O–H groups in total. The van der Waals surface area contributed by atoms with Crippen LogP contribution < -0.4 is 9.64 Å². The molecule has 2 aromatic heterocycles. The largest absolute Gasteiger partial charge is 0.493 e. The molecule has 1 atom stereocenters. The number of nitrogens with zero attached hydrogens (tertiary/aromatic N) is 4. The number of methoxy groups -OCH3 is 1. The average molecular weight is 527 g/mol. The molecule has 3 aliphatic rings. The first-order valence-corrected chi connectivity index (χ1v) is 14.1. The maximum Gasteiger partial charge on any atom is 0.227 e. The van der Waals surface area contributed by atoms with Crippen LogP contribution in [0.3, 0.4) is 0 Å². The number of aryl methyl sites for hydroxylation is 2. The number of anilines is 1. The first kappa shape index (κ1) is 24.4. The minimum Gasteiger partial charge on any atom is -0.493 e. The molecular weight excluding hydrogens is 492 g/mol. The van der Waals surface area contributed by atoms with Gasteiger partial charge in [0, 0.05) is 37.2 Å². The number of hydrogen-bond acceptors (Lipinski definition) is 6. The van der Waals surface area contributed by atoms with Crippen LogP contribution in [-0.2, 0) is 16.0 Å². The molecule has 2 aromatic carbocycles. The molecule has 8 nitrogen and oxygen atoms in total. The van der Waals surface area contributed by atoms with E-state index in [0.717, 1.165) is 89.4 Å². The normalized spacial score (nSPS) is 23.0. The summed E-state index contributed by atoms with van der Waals surface area (Å²) in [5, 5.41) is 4.16. The van der Waals surface area contributed by atoms with Gasteiger partial charge in [-0.2, -0.15) is 0 Å². The van der Waals surface area contributed by atoms with Gasteiger partial charge in [-0.05, 0) is 87.4 Å². The number of benzene rings is 2. The predicted octanol–water partition coefficient (Wildman–Crippen LogP) is 6.24. The fourth-order valence-corrected chi connectivity index (χ4v) is 6.90. The van der Waals surface area contributed by atoms with E-state index in [2.05, 4.69) is 34.0 Å². The molecule has 39 heavy (non-hydrogen) atoms. The summed E-state index contributed by atoms with van der Waals surface area (Å²) in [6.07, 6.45) is 6.55. The number of carbonyl (C=O) groups excluding carboxylic acids is 1. The van der Waals surface area contributed by atoms with E-state index in [1.807, 2.05) is 38.0 Å². The minimum absolute atomic E-state index is 0.118. The molecule has 8 heteroatoms. The van der Waals surface area contributed by atoms with E-state index in [9.17, 15) is 4.79 Å². The van der Waals surface area contributed by atoms with E-state index in [-0.39, 0.29) is 11.9 Å². The molecular formula is C31H34N4O4. The molecule has 1 amide bonds. The first-order chi connectivity index (χ1) is 19.0. The lowest BCUT2D eigenvalue weighted by atomic mass is 9.92. The van der Waals surface area contributed by atoms with Crippen LogP contribution in [0.25, 0.3) is 22.2 Å². The Labute approximate surface area is 227 Å². The molecule has 4 heterocycles. The van der Waals surface area contributed by atoms with Gasteiger partial charge >= 0.3 is 0 Å². The lowest BCUT2D eigenvalue weighted by Gasteiger charge is -2.32. The van der Waals surface area contributed by atoms with Crippen LogP contribution in [-0.4, -0.2) is 40.4 Å². The SMILES string of the molecule is COC1CCC(n2c(C3CCC(=O)N3c3ccc4c(c3)CCO4)nc3cc(-c4c(C)noc4C)ccc32)CC1. The van der Waals surface area contributed by atoms with E-state index in [1.165, 1.54) is 5.56 Å². The zero-order valence-electron chi connectivity index (χ0n) is 22.8. The summed E-state index contributed by atoms with van der Waals surface area (Å²) in [6, 6.07) is 12.8. The second kappa shape index (κ2) is 9.52. The Morgan fingerprint density at radius 3 is 2.62 bits per heavy atom. The maximum absolute atomic E-state index is 13.4. The number of amides is 1. The quantitative estimate of drug-likeness (QED) is 0.306. The summed E-state index contributed by atoms with van der Waals surface area (Å²) in [5.41, 5.74) is 7.10. The van der Waals surface area contributed by atoms with Crippen molar-refractivity contribution < 1.29 is 18.8 Å². The highest BCUT2D eigenvalue weighted by Gasteiger charge is 2.39. The number of carbonyl (C=O) groups is 1. The zero-order chi connectivity index (χ0) is 26.7. The van der Waals surface area contributed by atoms with Gasteiger partial charge in [-0.1, -0.05) is 11.2 Å². The highest BCUT2D eigenvalue weighted by molar-refractivity contribution is 5.97. The van der Waals surface area contributed by atoms with Crippen LogP contribution in [0.5, 0.6) is 5.75 Å². The van der Waals surface area contributed by atoms with Crippen molar-refractivity contribution in [2.24, 2.45) is 0 Å². The molecule has 2 aliphatic heterocycles. The zero-order valence-corrected chi connectivity index (χ0v) is 22.8. The van der Waals surface area contributed by atoms with E-state index in [4.69, 9.17) is 19.0 Å². The summed E-state index contributed by atoms with van der Waals surface area (Å²) in [5.74, 6) is 2.86. The van der Waals surface area contributed by atoms with Gasteiger partial charge in [-0.15, -0.1) is 0 Å². The van der Waals surface area contributed by atoms with Gasteiger partial charge in [0.25, 0.3) is 0 Å². The predicted molar refractivity (Wildman–Crippen MR) is 148 cm³/mol. The topological polar surface area (TPSA) is 82.6 Å². The molecule has 1 aliphatic carbocycles. The maximum atomic E-state index is 13.4. The van der Waals surface area contributed by atoms with Crippen LogP contribution >= 0.6 is 0 Å². The van der Waals surface area contributed by atoms with Crippen LogP contribution in [0.1, 0.15) is 73.5 Å². The van der Waals surface area contributed by atoms with Gasteiger partial charge in [0.2, 0.25) is 5.91 Å². The number of aromatic nitrogens is 3. The second-order valence-electron chi connectivity index (χ2n) is 11.1. The lowest BCUT2D eigenvalue weighted by Crippen LogP contribution is -2.31. The van der Waals surface area contributed by atoms with Crippen molar-refractivity contribution in [1.82, 2.24) is 14.7 Å². The molecule has 0 radical (unpaired) electrons. The Morgan fingerprint density at radius 2 is 1.85 bits per heavy atom. The van der Waals surface area contributed by atoms with Crippen molar-refractivity contribution in [2.45, 2.75) is 77.0 Å². The van der Waals surface area contributed by atoms with E-state index < -0.39 is 0 Å². The molecule has 1 unspecified atom stereocenters. The van der Waals surface area contributed by atoms with Crippen molar-refractivity contribution in [2.75, 3.05) is 18.6 Å². The Morgan fingerprint density at radius 1 is 1.00 bits per heavy atom. The second-order valence-corrected chi connectivity index (χ2v) is 11.1. The Bertz CT molecular complexity index is 1540. The molecule has 2 fully saturated rings. The Balaban J connectivity index is 1.35. The number of fused-ring (bicyclic) bond motifs is 2. The van der Waals surface area contributed by atoms with Crippen molar-refractivity contribution in [1.29, 1.82) is 0 Å². The Kier molecular flexibility index (Phi) is 5.95. The molecule has 1 saturated heterocycles. The van der Waals surface area contributed by atoms with Crippen molar-refractivity contribution >= 4 is 22.6 Å². The molecule has 0 bridgehead atoms. The fraction of sp³-hybridized carbons (Fsp3) is 0.452. The van der Waals surface area contributed by atoms with Crippen molar-refractivity contribution in [3.8, 4) is 16.9 Å². The Hall–Kier alpha value is -3.65. The van der Waals surface area contributed by atoms with Gasteiger partial charge in [-0.25, -0.2) is 4.98 Å². The van der Waals surface area contributed by atoms with Crippen molar-refractivity contribution in [3.05, 3.63) is 59.2 Å². The average Bonchev–Trinajstić information content (AvgIpc) is 3.73. The smallest absolute Gasteiger partial charge is 0.227 e. The van der Waals surface area contributed by atoms with Gasteiger partial charge in [0.05, 0.1) is 35.5 Å². The summed E-state index contributed by atoms with van der Waals surface area (Å²) < 4.78 is 19.3. The van der Waals surface area contributed by atoms with Gasteiger partial charge in [-0.3, -0.25) is 4.79 Å². The van der Waals surface area contributed by atoms with Gasteiger partial charge in [0.1, 0.15) is 17.3 Å². The van der Waals surface area contributed by atoms with Crippen molar-refractivity contribution in [3.63, 3.8) is 0 Å². The molecule has 7 rings (SSSR count). The third-order valence-corrected chi connectivity index (χ3v) is 8.84. The monoisotopic (exact) mass is 526 g/mol. The molecule has 202 valence electrons. The van der Waals surface area contributed by atoms with Gasteiger partial charge in [0.15, 0.2) is 0 Å². The van der Waals surface area contributed by atoms with E-state index in [0.29, 0.717) is 25.2 Å². The molecule has 0 spiro atoms. The molecule has 4 aromatic rings. The van der Waals surface area contributed by atoms with E-state index in [1.54, 1.807) is 0 Å². The fourth-order valence-electron chi connectivity index (χ4n) is 6.90. The summed E-state index contributed by atoms with van der Waals surface area (Å²) in [6.45, 7) is 4.61. The summed E-state index contributed by atoms with van der Waals surface area (Å²) >= 11 is 0. The van der Waals surface area contributed by atoms with Crippen LogP contribution in [0.2, 0.25) is 0 Å². The number of ether oxygens (including phenoxy) is 2. The third kappa shape index (κ3) is 4.04. The minimum atomic E-state index is -0.118. The standard InChI is InChI=1S/C31H34N4O4/c1-18-30(19(2)39-33-18)21-4-10-26-25(17-21)32-31(35(26)22-5-8-24(37-3)9-6-22)27-11-13-29(36)34(27)23-7-12-28-20(16-23)14-15-38-28/h4,7,10,12,16-17,22,24,27H,5-6,8-9,11,13-15H2,1-3H3. The van der Waals surface area contributed by atoms with E-state index >= 15 is 0 Å². The number of hydrogen-bond donors (Lipinski definition) is 0. The highest BCUT2D eigenvalue weighted by Crippen LogP contribution is 2.43. The third-order valence-electron chi connectivity index (χ3n) is 8.84. The summed E-state index contributed by atoms with van der Waals surface area (Å²) in [7, 11) is 1.81. The number of rotatable bonds is 5. The first-order valence-electron chi connectivity index (χ1n) is 14.1. The molecule has 1 saturated carbocycles.